The van der Waals surface area contributed by atoms with Crippen molar-refractivity contribution < 1.29 is 9.18 Å². The van der Waals surface area contributed by atoms with Crippen LogP contribution in [0.2, 0.25) is 0 Å². The standard InChI is InChI=1S/C17H16FNO/c1-17(13-7-9-14(18)10-8-13)11-15(20)19-16(17)12-5-3-2-4-6-12/h2-10,16H,11H2,1H3,(H,19,20). The lowest BCUT2D eigenvalue weighted by Gasteiger charge is -2.31. The molecule has 2 atom stereocenters. The first-order chi connectivity index (χ1) is 9.59. The average molecular weight is 269 g/mol. The van der Waals surface area contributed by atoms with E-state index in [2.05, 4.69) is 12.2 Å². The summed E-state index contributed by atoms with van der Waals surface area (Å²) < 4.78 is 13.1. The van der Waals surface area contributed by atoms with Crippen LogP contribution in [0.15, 0.2) is 54.6 Å². The molecule has 1 aliphatic rings. The third kappa shape index (κ3) is 2.09. The van der Waals surface area contributed by atoms with E-state index >= 15 is 0 Å². The van der Waals surface area contributed by atoms with Crippen LogP contribution < -0.4 is 5.32 Å². The number of benzene rings is 2. The van der Waals surface area contributed by atoms with Crippen LogP contribution in [0.1, 0.15) is 30.5 Å². The molecular weight excluding hydrogens is 253 g/mol. The van der Waals surface area contributed by atoms with E-state index < -0.39 is 0 Å². The summed E-state index contributed by atoms with van der Waals surface area (Å²) in [5.74, 6) is -0.225. The zero-order valence-corrected chi connectivity index (χ0v) is 11.3. The minimum Gasteiger partial charge on any atom is -0.348 e. The quantitative estimate of drug-likeness (QED) is 0.890. The van der Waals surface area contributed by atoms with Gasteiger partial charge in [0, 0.05) is 11.8 Å². The number of amides is 1. The Morgan fingerprint density at radius 1 is 1.10 bits per heavy atom. The van der Waals surface area contributed by atoms with Crippen molar-refractivity contribution in [2.45, 2.75) is 24.8 Å². The maximum Gasteiger partial charge on any atom is 0.221 e. The molecule has 102 valence electrons. The molecule has 1 heterocycles. The summed E-state index contributed by atoms with van der Waals surface area (Å²) in [4.78, 5) is 11.9. The van der Waals surface area contributed by atoms with Gasteiger partial charge < -0.3 is 5.32 Å². The summed E-state index contributed by atoms with van der Waals surface area (Å²) in [6, 6.07) is 16.3. The Bertz CT molecular complexity index is 623. The number of nitrogens with one attached hydrogen (secondary N) is 1. The first-order valence-electron chi connectivity index (χ1n) is 6.70. The van der Waals surface area contributed by atoms with E-state index in [1.807, 2.05) is 30.3 Å². The molecule has 3 heteroatoms. The fourth-order valence-electron chi connectivity index (χ4n) is 3.00. The lowest BCUT2D eigenvalue weighted by atomic mass is 9.73. The smallest absolute Gasteiger partial charge is 0.221 e. The van der Waals surface area contributed by atoms with Gasteiger partial charge in [-0.1, -0.05) is 49.4 Å². The first-order valence-corrected chi connectivity index (χ1v) is 6.70. The van der Waals surface area contributed by atoms with Gasteiger partial charge >= 0.3 is 0 Å². The second-order valence-electron chi connectivity index (χ2n) is 5.51. The van der Waals surface area contributed by atoms with Crippen molar-refractivity contribution in [3.8, 4) is 0 Å². The van der Waals surface area contributed by atoms with Gasteiger partial charge in [0.25, 0.3) is 0 Å². The Labute approximate surface area is 117 Å². The fourth-order valence-corrected chi connectivity index (χ4v) is 3.00. The Morgan fingerprint density at radius 2 is 1.75 bits per heavy atom. The van der Waals surface area contributed by atoms with Crippen molar-refractivity contribution >= 4 is 5.91 Å². The predicted molar refractivity (Wildman–Crippen MR) is 75.7 cm³/mol. The van der Waals surface area contributed by atoms with Gasteiger partial charge in [-0.25, -0.2) is 4.39 Å². The molecule has 0 radical (unpaired) electrons. The molecule has 20 heavy (non-hydrogen) atoms. The van der Waals surface area contributed by atoms with Crippen LogP contribution in [-0.2, 0) is 10.2 Å². The largest absolute Gasteiger partial charge is 0.348 e. The number of hydrogen-bond donors (Lipinski definition) is 1. The van der Waals surface area contributed by atoms with Gasteiger partial charge in [0.05, 0.1) is 6.04 Å². The minimum absolute atomic E-state index is 0.0330. The topological polar surface area (TPSA) is 29.1 Å². The van der Waals surface area contributed by atoms with Crippen LogP contribution >= 0.6 is 0 Å². The second kappa shape index (κ2) is 4.75. The van der Waals surface area contributed by atoms with Crippen molar-refractivity contribution in [3.05, 3.63) is 71.5 Å². The van der Waals surface area contributed by atoms with Crippen LogP contribution in [0.25, 0.3) is 0 Å². The molecule has 2 aromatic carbocycles. The summed E-state index contributed by atoms with van der Waals surface area (Å²) in [5, 5.41) is 3.04. The Hall–Kier alpha value is -2.16. The molecule has 1 saturated heterocycles. The zero-order chi connectivity index (χ0) is 14.2. The second-order valence-corrected chi connectivity index (χ2v) is 5.51. The molecule has 0 saturated carbocycles. The molecule has 3 rings (SSSR count). The molecule has 1 fully saturated rings. The van der Waals surface area contributed by atoms with E-state index in [4.69, 9.17) is 0 Å². The highest BCUT2D eigenvalue weighted by molar-refractivity contribution is 5.82. The lowest BCUT2D eigenvalue weighted by molar-refractivity contribution is -0.119. The van der Waals surface area contributed by atoms with Crippen LogP contribution in [0.5, 0.6) is 0 Å². The number of carbonyl (C=O) groups is 1. The SMILES string of the molecule is CC1(c2ccc(F)cc2)CC(=O)NC1c1ccccc1. The van der Waals surface area contributed by atoms with Gasteiger partial charge in [0.1, 0.15) is 5.82 Å². The number of carbonyl (C=O) groups excluding carboxylic acids is 1. The van der Waals surface area contributed by atoms with E-state index in [-0.39, 0.29) is 23.2 Å². The van der Waals surface area contributed by atoms with Crippen molar-refractivity contribution in [3.63, 3.8) is 0 Å². The molecule has 2 aromatic rings. The third-order valence-electron chi connectivity index (χ3n) is 4.11. The monoisotopic (exact) mass is 269 g/mol. The summed E-state index contributed by atoms with van der Waals surface area (Å²) in [7, 11) is 0. The lowest BCUT2D eigenvalue weighted by Crippen LogP contribution is -2.30. The molecule has 1 N–H and O–H groups in total. The first kappa shape index (κ1) is 12.9. The molecule has 1 aliphatic heterocycles. The molecule has 2 nitrogen and oxygen atoms in total. The highest BCUT2D eigenvalue weighted by Crippen LogP contribution is 2.44. The molecular formula is C17H16FNO. The molecule has 1 amide bonds. The number of rotatable bonds is 2. The van der Waals surface area contributed by atoms with Crippen molar-refractivity contribution in [1.29, 1.82) is 0 Å². The zero-order valence-electron chi connectivity index (χ0n) is 11.3. The summed E-state index contributed by atoms with van der Waals surface area (Å²) >= 11 is 0. The number of hydrogen-bond acceptors (Lipinski definition) is 1. The predicted octanol–water partition coefficient (Wildman–Crippen LogP) is 3.34. The average Bonchev–Trinajstić information content (AvgIpc) is 2.77. The van der Waals surface area contributed by atoms with Crippen molar-refractivity contribution in [2.75, 3.05) is 0 Å². The van der Waals surface area contributed by atoms with E-state index in [9.17, 15) is 9.18 Å². The Balaban J connectivity index is 2.05. The van der Waals surface area contributed by atoms with Crippen LogP contribution in [0, 0.1) is 5.82 Å². The van der Waals surface area contributed by atoms with Gasteiger partial charge in [0.15, 0.2) is 0 Å². The van der Waals surface area contributed by atoms with Crippen molar-refractivity contribution in [2.24, 2.45) is 0 Å². The summed E-state index contributed by atoms with van der Waals surface area (Å²) in [6.45, 7) is 2.05. The fraction of sp³-hybridized carbons (Fsp3) is 0.235. The van der Waals surface area contributed by atoms with Gasteiger partial charge in [-0.15, -0.1) is 0 Å². The Morgan fingerprint density at radius 3 is 2.40 bits per heavy atom. The highest BCUT2D eigenvalue weighted by atomic mass is 19.1. The molecule has 0 aromatic heterocycles. The van der Waals surface area contributed by atoms with Crippen LogP contribution in [-0.4, -0.2) is 5.91 Å². The minimum atomic E-state index is -0.355. The van der Waals surface area contributed by atoms with Gasteiger partial charge in [-0.05, 0) is 23.3 Å². The maximum atomic E-state index is 13.1. The normalized spacial score (nSPS) is 25.5. The Kier molecular flexibility index (Phi) is 3.05. The summed E-state index contributed by atoms with van der Waals surface area (Å²) in [5.41, 5.74) is 1.70. The molecule has 0 aliphatic carbocycles. The summed E-state index contributed by atoms with van der Waals surface area (Å²) in [6.07, 6.45) is 0.415. The molecule has 2 unspecified atom stereocenters. The van der Waals surface area contributed by atoms with E-state index in [1.165, 1.54) is 12.1 Å². The van der Waals surface area contributed by atoms with E-state index in [1.54, 1.807) is 12.1 Å². The molecule has 0 bridgehead atoms. The number of halogens is 1. The van der Waals surface area contributed by atoms with Crippen LogP contribution in [0.4, 0.5) is 4.39 Å². The maximum absolute atomic E-state index is 13.1. The highest BCUT2D eigenvalue weighted by Gasteiger charge is 2.45. The van der Waals surface area contributed by atoms with E-state index in [0.717, 1.165) is 11.1 Å². The van der Waals surface area contributed by atoms with Crippen LogP contribution in [0.3, 0.4) is 0 Å². The van der Waals surface area contributed by atoms with Crippen molar-refractivity contribution in [1.82, 2.24) is 5.32 Å². The van der Waals surface area contributed by atoms with Gasteiger partial charge in [-0.3, -0.25) is 4.79 Å². The van der Waals surface area contributed by atoms with Gasteiger partial charge in [-0.2, -0.15) is 0 Å². The molecule has 0 spiro atoms. The van der Waals surface area contributed by atoms with E-state index in [0.29, 0.717) is 6.42 Å². The van der Waals surface area contributed by atoms with Gasteiger partial charge in [0.2, 0.25) is 5.91 Å². The third-order valence-corrected chi connectivity index (χ3v) is 4.11.